The van der Waals surface area contributed by atoms with Gasteiger partial charge in [0.15, 0.2) is 0 Å². The zero-order chi connectivity index (χ0) is 25.0. The molecule has 1 N–H and O–H groups in total. The average Bonchev–Trinajstić information content (AvgIpc) is 2.95. The van der Waals surface area contributed by atoms with Gasteiger partial charge in [-0.15, -0.1) is 0 Å². The van der Waals surface area contributed by atoms with E-state index in [0.717, 1.165) is 12.6 Å². The number of carbonyl (C=O) groups is 2. The van der Waals surface area contributed by atoms with E-state index in [1.54, 1.807) is 24.3 Å². The van der Waals surface area contributed by atoms with Crippen LogP contribution in [-0.2, 0) is 4.79 Å². The predicted octanol–water partition coefficient (Wildman–Crippen LogP) is 5.89. The Morgan fingerprint density at radius 2 is 0.972 bits per heavy atom. The minimum Gasteiger partial charge on any atom is -0.507 e. The van der Waals surface area contributed by atoms with Crippen LogP contribution in [0.15, 0.2) is 121 Å². The number of carbonyl (C=O) groups excluding carboxylic acids is 2. The molecule has 3 nitrogen and oxygen atoms in total. The van der Waals surface area contributed by atoms with Crippen LogP contribution in [0.4, 0.5) is 0 Å². The summed E-state index contributed by atoms with van der Waals surface area (Å²) in [6.45, 7) is 0. The zero-order valence-corrected chi connectivity index (χ0v) is 20.9. The van der Waals surface area contributed by atoms with Crippen molar-refractivity contribution < 1.29 is 14.7 Å². The van der Waals surface area contributed by atoms with Crippen molar-refractivity contribution in [3.63, 3.8) is 0 Å². The third-order valence-electron chi connectivity index (χ3n) is 6.95. The fraction of sp³-hybridized carbons (Fsp3) is 0.125. The standard InChI is InChI=1S/C32H27O3P/c33-30-27-20-10-11-21-28(27)31(34)32(35)29(30)22-12-13-23-36(24-14-4-1-5-15-24,25-16-6-2-7-17-25)26-18-8-3-9-19-26/h1-11,14-21H,12-13,22-23H2/p+1. The second kappa shape index (κ2) is 10.4. The minimum atomic E-state index is -1.95. The van der Waals surface area contributed by atoms with Crippen molar-refractivity contribution in [2.45, 2.75) is 19.3 Å². The van der Waals surface area contributed by atoms with Crippen LogP contribution in [0.5, 0.6) is 0 Å². The Bertz CT molecular complexity index is 1310. The van der Waals surface area contributed by atoms with Gasteiger partial charge in [0.1, 0.15) is 28.9 Å². The number of allylic oxidation sites excluding steroid dienone is 1. The van der Waals surface area contributed by atoms with E-state index < -0.39 is 18.8 Å². The normalized spacial score (nSPS) is 13.6. The summed E-state index contributed by atoms with van der Waals surface area (Å²) in [5, 5.41) is 14.8. The lowest BCUT2D eigenvalue weighted by atomic mass is 9.86. The number of ketones is 2. The number of hydrogen-bond acceptors (Lipinski definition) is 3. The number of rotatable bonds is 8. The van der Waals surface area contributed by atoms with Gasteiger partial charge in [0.25, 0.3) is 0 Å². The van der Waals surface area contributed by atoms with Gasteiger partial charge in [-0.2, -0.15) is 0 Å². The van der Waals surface area contributed by atoms with Crippen LogP contribution in [0.2, 0.25) is 0 Å². The summed E-state index contributed by atoms with van der Waals surface area (Å²) in [5.74, 6) is -1.16. The summed E-state index contributed by atoms with van der Waals surface area (Å²) in [6.07, 6.45) is 2.86. The Labute approximate surface area is 212 Å². The van der Waals surface area contributed by atoms with E-state index >= 15 is 0 Å². The largest absolute Gasteiger partial charge is 0.507 e. The van der Waals surface area contributed by atoms with Gasteiger partial charge in [0.05, 0.1) is 6.16 Å². The first-order chi connectivity index (χ1) is 17.6. The van der Waals surface area contributed by atoms with Gasteiger partial charge in [-0.25, -0.2) is 0 Å². The Kier molecular flexibility index (Phi) is 6.93. The molecule has 0 unspecified atom stereocenters. The second-order valence-electron chi connectivity index (χ2n) is 9.03. The van der Waals surface area contributed by atoms with Crippen LogP contribution >= 0.6 is 7.26 Å². The summed E-state index contributed by atoms with van der Waals surface area (Å²) in [4.78, 5) is 25.4. The number of unbranched alkanes of at least 4 members (excludes halogenated alkanes) is 1. The van der Waals surface area contributed by atoms with Crippen LogP contribution < -0.4 is 15.9 Å². The van der Waals surface area contributed by atoms with Gasteiger partial charge in [-0.3, -0.25) is 9.59 Å². The third-order valence-corrected chi connectivity index (χ3v) is 11.5. The smallest absolute Gasteiger partial charge is 0.234 e. The molecule has 0 aliphatic heterocycles. The van der Waals surface area contributed by atoms with Crippen LogP contribution in [-0.4, -0.2) is 22.8 Å². The number of aliphatic hydroxyl groups excluding tert-OH is 1. The molecule has 0 aromatic heterocycles. The van der Waals surface area contributed by atoms with Crippen molar-refractivity contribution in [3.8, 4) is 0 Å². The fourth-order valence-corrected chi connectivity index (χ4v) is 9.59. The number of hydrogen-bond donors (Lipinski definition) is 1. The Morgan fingerprint density at radius 1 is 0.528 bits per heavy atom. The third kappa shape index (κ3) is 4.32. The summed E-state index contributed by atoms with van der Waals surface area (Å²) < 4.78 is 0. The van der Waals surface area contributed by atoms with E-state index in [4.69, 9.17) is 0 Å². The van der Waals surface area contributed by atoms with Gasteiger partial charge in [0.2, 0.25) is 11.6 Å². The van der Waals surface area contributed by atoms with Crippen molar-refractivity contribution in [3.05, 3.63) is 132 Å². The maximum Gasteiger partial charge on any atom is 0.234 e. The second-order valence-corrected chi connectivity index (χ2v) is 12.6. The minimum absolute atomic E-state index is 0.0505. The van der Waals surface area contributed by atoms with Crippen LogP contribution in [0.3, 0.4) is 0 Å². The zero-order valence-electron chi connectivity index (χ0n) is 20.0. The van der Waals surface area contributed by atoms with Crippen molar-refractivity contribution in [2.75, 3.05) is 6.16 Å². The molecule has 0 fully saturated rings. The van der Waals surface area contributed by atoms with Crippen LogP contribution in [0.25, 0.3) is 5.76 Å². The summed E-state index contributed by atoms with van der Waals surface area (Å²) in [7, 11) is -1.95. The molecule has 0 saturated heterocycles. The molecule has 4 aromatic carbocycles. The monoisotopic (exact) mass is 491 g/mol. The summed E-state index contributed by atoms with van der Waals surface area (Å²) in [6, 6.07) is 38.9. The van der Waals surface area contributed by atoms with Gasteiger partial charge in [0, 0.05) is 16.7 Å². The number of aliphatic hydroxyl groups is 1. The molecule has 0 saturated carbocycles. The van der Waals surface area contributed by atoms with E-state index in [1.807, 2.05) is 18.2 Å². The number of fused-ring (bicyclic) bond motifs is 1. The molecule has 0 radical (unpaired) electrons. The first-order valence-electron chi connectivity index (χ1n) is 12.3. The molecule has 1 aliphatic carbocycles. The highest BCUT2D eigenvalue weighted by Crippen LogP contribution is 2.56. The molecule has 0 bridgehead atoms. The molecule has 0 atom stereocenters. The van der Waals surface area contributed by atoms with E-state index in [-0.39, 0.29) is 16.9 Å². The maximum atomic E-state index is 12.8. The SMILES string of the molecule is O=C1C(=O)c2ccccc2C(O)=C1CCCC[P+](c1ccccc1)(c1ccccc1)c1ccccc1. The van der Waals surface area contributed by atoms with Crippen molar-refractivity contribution >= 4 is 40.5 Å². The highest BCUT2D eigenvalue weighted by molar-refractivity contribution is 7.95. The molecule has 0 amide bonds. The van der Waals surface area contributed by atoms with Gasteiger partial charge in [-0.05, 0) is 55.7 Å². The predicted molar refractivity (Wildman–Crippen MR) is 149 cm³/mol. The van der Waals surface area contributed by atoms with Gasteiger partial charge < -0.3 is 5.11 Å². The molecule has 36 heavy (non-hydrogen) atoms. The lowest BCUT2D eigenvalue weighted by Gasteiger charge is -2.28. The lowest BCUT2D eigenvalue weighted by molar-refractivity contribution is -0.112. The molecule has 178 valence electrons. The molecular weight excluding hydrogens is 463 g/mol. The van der Waals surface area contributed by atoms with Gasteiger partial charge >= 0.3 is 0 Å². The summed E-state index contributed by atoms with van der Waals surface area (Å²) >= 11 is 0. The molecule has 0 spiro atoms. The van der Waals surface area contributed by atoms with E-state index in [1.165, 1.54) is 15.9 Å². The van der Waals surface area contributed by atoms with E-state index in [0.29, 0.717) is 18.4 Å². The van der Waals surface area contributed by atoms with E-state index in [2.05, 4.69) is 72.8 Å². The van der Waals surface area contributed by atoms with E-state index in [9.17, 15) is 14.7 Å². The first kappa shape index (κ1) is 23.9. The molecule has 4 heteroatoms. The maximum absolute atomic E-state index is 12.8. The Hall–Kier alpha value is -3.81. The highest BCUT2D eigenvalue weighted by atomic mass is 31.2. The topological polar surface area (TPSA) is 54.4 Å². The van der Waals surface area contributed by atoms with Crippen molar-refractivity contribution in [1.29, 1.82) is 0 Å². The van der Waals surface area contributed by atoms with Gasteiger partial charge in [-0.1, -0.05) is 78.9 Å². The Balaban J connectivity index is 1.46. The fourth-order valence-electron chi connectivity index (χ4n) is 5.18. The molecule has 1 aliphatic rings. The van der Waals surface area contributed by atoms with Crippen molar-refractivity contribution in [2.24, 2.45) is 0 Å². The quantitative estimate of drug-likeness (QED) is 0.190. The molecule has 0 heterocycles. The Morgan fingerprint density at radius 3 is 1.47 bits per heavy atom. The van der Waals surface area contributed by atoms with Crippen LogP contribution in [0, 0.1) is 0 Å². The number of Topliss-reactive ketones (excluding diaryl/α,β-unsaturated/α-hetero) is 2. The molecular formula is C32H28O3P+. The summed E-state index contributed by atoms with van der Waals surface area (Å²) in [5.41, 5.74) is 0.976. The average molecular weight is 492 g/mol. The first-order valence-corrected chi connectivity index (χ1v) is 14.3. The highest BCUT2D eigenvalue weighted by Gasteiger charge is 2.44. The molecule has 5 rings (SSSR count). The van der Waals surface area contributed by atoms with Crippen LogP contribution in [0.1, 0.15) is 35.2 Å². The molecule has 4 aromatic rings. The lowest BCUT2D eigenvalue weighted by Crippen LogP contribution is -2.33. The van der Waals surface area contributed by atoms with Crippen molar-refractivity contribution in [1.82, 2.24) is 0 Å². The number of benzene rings is 4.